The van der Waals surface area contributed by atoms with Crippen LogP contribution in [-0.2, 0) is 6.61 Å². The van der Waals surface area contributed by atoms with Gasteiger partial charge in [-0.25, -0.2) is 0 Å². The fourth-order valence-corrected chi connectivity index (χ4v) is 3.07. The highest BCUT2D eigenvalue weighted by atomic mass is 35.5. The molecule has 0 unspecified atom stereocenters. The van der Waals surface area contributed by atoms with Gasteiger partial charge < -0.3 is 15.2 Å². The van der Waals surface area contributed by atoms with E-state index in [4.69, 9.17) is 38.4 Å². The summed E-state index contributed by atoms with van der Waals surface area (Å²) in [6.07, 6.45) is 0. The molecule has 0 aliphatic carbocycles. The third-order valence-electron chi connectivity index (χ3n) is 3.75. The van der Waals surface area contributed by atoms with Crippen LogP contribution in [0.3, 0.4) is 0 Å². The Hall–Kier alpha value is -2.20. The monoisotopic (exact) mass is 387 g/mol. The summed E-state index contributed by atoms with van der Waals surface area (Å²) in [6, 6.07) is 21.2. The largest absolute Gasteiger partial charge is 0.488 e. The Balaban J connectivity index is 1.90. The number of hydrogen-bond acceptors (Lipinski definition) is 3. The zero-order chi connectivity index (χ0) is 18.4. The van der Waals surface area contributed by atoms with E-state index in [0.29, 0.717) is 41.3 Å². The van der Waals surface area contributed by atoms with Gasteiger partial charge in [0.1, 0.15) is 13.2 Å². The number of ether oxygens (including phenoxy) is 2. The Morgan fingerprint density at radius 2 is 1.46 bits per heavy atom. The van der Waals surface area contributed by atoms with Gasteiger partial charge in [0.2, 0.25) is 0 Å². The van der Waals surface area contributed by atoms with Gasteiger partial charge in [0.05, 0.1) is 0 Å². The van der Waals surface area contributed by atoms with Crippen molar-refractivity contribution in [3.63, 3.8) is 0 Å². The summed E-state index contributed by atoms with van der Waals surface area (Å²) in [7, 11) is 0. The van der Waals surface area contributed by atoms with Crippen LogP contribution in [0.2, 0.25) is 10.0 Å². The molecule has 0 fully saturated rings. The minimum absolute atomic E-state index is 0.421. The van der Waals surface area contributed by atoms with Gasteiger partial charge in [0.25, 0.3) is 0 Å². The van der Waals surface area contributed by atoms with E-state index in [2.05, 4.69) is 0 Å². The zero-order valence-electron chi connectivity index (χ0n) is 14.1. The Bertz CT molecular complexity index is 849. The Morgan fingerprint density at radius 1 is 0.731 bits per heavy atom. The summed E-state index contributed by atoms with van der Waals surface area (Å²) < 4.78 is 11.7. The molecular weight excluding hydrogens is 369 g/mol. The molecule has 0 bridgehead atoms. The topological polar surface area (TPSA) is 44.5 Å². The van der Waals surface area contributed by atoms with Crippen LogP contribution in [0.1, 0.15) is 5.56 Å². The van der Waals surface area contributed by atoms with Crippen molar-refractivity contribution in [2.45, 2.75) is 6.61 Å². The molecule has 0 amide bonds. The fraction of sp³-hybridized carbons (Fsp3) is 0.143. The highest BCUT2D eigenvalue weighted by molar-refractivity contribution is 6.35. The van der Waals surface area contributed by atoms with E-state index in [1.165, 1.54) is 0 Å². The van der Waals surface area contributed by atoms with E-state index in [0.717, 1.165) is 16.7 Å². The lowest BCUT2D eigenvalue weighted by molar-refractivity contribution is 0.266. The predicted molar refractivity (Wildman–Crippen MR) is 107 cm³/mol. The van der Waals surface area contributed by atoms with Crippen LogP contribution in [0.15, 0.2) is 66.7 Å². The van der Waals surface area contributed by atoms with E-state index in [1.807, 2.05) is 60.7 Å². The van der Waals surface area contributed by atoms with E-state index in [1.54, 1.807) is 6.07 Å². The van der Waals surface area contributed by atoms with Gasteiger partial charge in [0.15, 0.2) is 11.5 Å². The molecule has 0 aliphatic rings. The summed E-state index contributed by atoms with van der Waals surface area (Å²) in [4.78, 5) is 0. The van der Waals surface area contributed by atoms with Gasteiger partial charge in [-0.1, -0.05) is 59.6 Å². The third-order valence-corrected chi connectivity index (χ3v) is 4.19. The molecule has 0 heterocycles. The molecule has 3 rings (SSSR count). The van der Waals surface area contributed by atoms with Crippen LogP contribution in [0, 0.1) is 0 Å². The molecule has 0 spiro atoms. The summed E-state index contributed by atoms with van der Waals surface area (Å²) in [6.45, 7) is 1.30. The lowest BCUT2D eigenvalue weighted by atomic mass is 10.1. The molecule has 0 radical (unpaired) electrons. The molecule has 2 N–H and O–H groups in total. The molecular formula is C21H19Cl2NO2. The smallest absolute Gasteiger partial charge is 0.162 e. The summed E-state index contributed by atoms with van der Waals surface area (Å²) in [5.74, 6) is 1.30. The molecule has 0 saturated heterocycles. The van der Waals surface area contributed by atoms with Gasteiger partial charge >= 0.3 is 0 Å². The van der Waals surface area contributed by atoms with Crippen molar-refractivity contribution in [1.82, 2.24) is 0 Å². The number of hydrogen-bond donors (Lipinski definition) is 1. The first kappa shape index (κ1) is 18.6. The molecule has 0 aromatic heterocycles. The van der Waals surface area contributed by atoms with Crippen molar-refractivity contribution in [2.75, 3.05) is 13.2 Å². The maximum atomic E-state index is 6.13. The van der Waals surface area contributed by atoms with Crippen molar-refractivity contribution in [3.8, 4) is 22.6 Å². The Morgan fingerprint density at radius 3 is 2.15 bits per heavy atom. The quantitative estimate of drug-likeness (QED) is 0.575. The summed E-state index contributed by atoms with van der Waals surface area (Å²) in [5.41, 5.74) is 8.48. The van der Waals surface area contributed by atoms with Gasteiger partial charge in [-0.3, -0.25) is 0 Å². The highest BCUT2D eigenvalue weighted by Gasteiger charge is 2.10. The second-order valence-electron chi connectivity index (χ2n) is 5.73. The van der Waals surface area contributed by atoms with Crippen LogP contribution in [-0.4, -0.2) is 13.2 Å². The minimum Gasteiger partial charge on any atom is -0.488 e. The van der Waals surface area contributed by atoms with Crippen molar-refractivity contribution >= 4 is 23.2 Å². The highest BCUT2D eigenvalue weighted by Crippen LogP contribution is 2.35. The van der Waals surface area contributed by atoms with Crippen LogP contribution < -0.4 is 15.2 Å². The van der Waals surface area contributed by atoms with Crippen LogP contribution in [0.5, 0.6) is 11.5 Å². The standard InChI is InChI=1S/C21H19Cl2NO2/c22-18-10-17(11-19(23)13-18)16-6-7-20(25-9-8-24)21(12-16)26-14-15-4-2-1-3-5-15/h1-7,10-13H,8-9,14,24H2. The maximum Gasteiger partial charge on any atom is 0.162 e. The second kappa shape index (κ2) is 8.95. The Kier molecular flexibility index (Phi) is 6.40. The SMILES string of the molecule is NCCOc1ccc(-c2cc(Cl)cc(Cl)c2)cc1OCc1ccccc1. The number of benzene rings is 3. The minimum atomic E-state index is 0.421. The van der Waals surface area contributed by atoms with Gasteiger partial charge in [0, 0.05) is 16.6 Å². The van der Waals surface area contributed by atoms with Crippen LogP contribution in [0.4, 0.5) is 0 Å². The molecule has 0 saturated carbocycles. The van der Waals surface area contributed by atoms with E-state index in [9.17, 15) is 0 Å². The second-order valence-corrected chi connectivity index (χ2v) is 6.60. The number of halogens is 2. The summed E-state index contributed by atoms with van der Waals surface area (Å²) in [5, 5.41) is 1.17. The zero-order valence-corrected chi connectivity index (χ0v) is 15.6. The molecule has 3 aromatic carbocycles. The van der Waals surface area contributed by atoms with Crippen molar-refractivity contribution < 1.29 is 9.47 Å². The maximum absolute atomic E-state index is 6.13. The first-order valence-electron chi connectivity index (χ1n) is 8.26. The van der Waals surface area contributed by atoms with Crippen molar-refractivity contribution in [2.24, 2.45) is 5.73 Å². The molecule has 0 aliphatic heterocycles. The molecule has 134 valence electrons. The van der Waals surface area contributed by atoms with Crippen molar-refractivity contribution in [1.29, 1.82) is 0 Å². The first-order valence-corrected chi connectivity index (χ1v) is 9.01. The van der Waals surface area contributed by atoms with Crippen LogP contribution >= 0.6 is 23.2 Å². The predicted octanol–water partition coefficient (Wildman–Crippen LogP) is 5.58. The lowest BCUT2D eigenvalue weighted by Crippen LogP contribution is -2.11. The number of rotatable bonds is 7. The third kappa shape index (κ3) is 4.92. The number of nitrogens with two attached hydrogens (primary N) is 1. The summed E-state index contributed by atoms with van der Waals surface area (Å²) >= 11 is 12.3. The van der Waals surface area contributed by atoms with Gasteiger partial charge in [-0.05, 0) is 47.0 Å². The average Bonchev–Trinajstić information content (AvgIpc) is 2.65. The molecule has 3 nitrogen and oxygen atoms in total. The first-order chi connectivity index (χ1) is 12.7. The van der Waals surface area contributed by atoms with Crippen molar-refractivity contribution in [3.05, 3.63) is 82.3 Å². The molecule has 0 atom stereocenters. The van der Waals surface area contributed by atoms with Gasteiger partial charge in [-0.15, -0.1) is 0 Å². The molecule has 3 aromatic rings. The van der Waals surface area contributed by atoms with E-state index < -0.39 is 0 Å². The molecule has 5 heteroatoms. The van der Waals surface area contributed by atoms with E-state index >= 15 is 0 Å². The van der Waals surface area contributed by atoms with Crippen LogP contribution in [0.25, 0.3) is 11.1 Å². The fourth-order valence-electron chi connectivity index (χ4n) is 2.54. The van der Waals surface area contributed by atoms with Gasteiger partial charge in [-0.2, -0.15) is 0 Å². The lowest BCUT2D eigenvalue weighted by Gasteiger charge is -2.14. The average molecular weight is 388 g/mol. The Labute approximate surface area is 163 Å². The normalized spacial score (nSPS) is 10.6. The van der Waals surface area contributed by atoms with E-state index in [-0.39, 0.29) is 0 Å². The molecule has 26 heavy (non-hydrogen) atoms.